The molecule has 2 aliphatic heterocycles. The molecule has 2 aromatic heterocycles. The minimum atomic E-state index is -0.242. The van der Waals surface area contributed by atoms with Crippen molar-refractivity contribution < 1.29 is 14.2 Å². The third kappa shape index (κ3) is 3.51. The largest absolute Gasteiger partial charge is 0.475 e. The second kappa shape index (κ2) is 7.54. The first-order valence-corrected chi connectivity index (χ1v) is 10.4. The molecule has 3 aromatic rings. The average molecular weight is 409 g/mol. The van der Waals surface area contributed by atoms with Crippen molar-refractivity contribution in [3.63, 3.8) is 0 Å². The number of epoxide rings is 1. The lowest BCUT2D eigenvalue weighted by atomic mass is 9.98. The molecule has 0 aliphatic carbocycles. The summed E-state index contributed by atoms with van der Waals surface area (Å²) in [6.45, 7) is 5.74. The van der Waals surface area contributed by atoms with Crippen LogP contribution >= 0.6 is 0 Å². The molecule has 2 saturated heterocycles. The van der Waals surface area contributed by atoms with E-state index in [1.807, 2.05) is 38.1 Å². The molecule has 5 rings (SSSR count). The summed E-state index contributed by atoms with van der Waals surface area (Å²) in [4.78, 5) is 4.40. The topological polar surface area (TPSA) is 96.6 Å². The van der Waals surface area contributed by atoms with Crippen molar-refractivity contribution in [1.82, 2.24) is 20.5 Å². The van der Waals surface area contributed by atoms with Gasteiger partial charge in [-0.2, -0.15) is 5.10 Å². The van der Waals surface area contributed by atoms with Crippen molar-refractivity contribution in [3.8, 4) is 17.1 Å². The summed E-state index contributed by atoms with van der Waals surface area (Å²) >= 11 is 0. The number of aromatic amines is 1. The Balaban J connectivity index is 1.35. The Hall–Kier alpha value is -2.68. The first-order chi connectivity index (χ1) is 14.6. The van der Waals surface area contributed by atoms with Crippen LogP contribution in [-0.4, -0.2) is 59.4 Å². The lowest BCUT2D eigenvalue weighted by molar-refractivity contribution is -0.0154. The highest BCUT2D eigenvalue weighted by atomic mass is 16.6. The molecule has 0 saturated carbocycles. The molecule has 158 valence electrons. The summed E-state index contributed by atoms with van der Waals surface area (Å²) in [6, 6.07) is 10.0. The van der Waals surface area contributed by atoms with Gasteiger partial charge in [-0.05, 0) is 51.1 Å². The minimum Gasteiger partial charge on any atom is -0.475 e. The molecule has 8 nitrogen and oxygen atoms in total. The van der Waals surface area contributed by atoms with Gasteiger partial charge in [0.05, 0.1) is 11.6 Å². The molecule has 0 bridgehead atoms. The fraction of sp³-hybridized carbons (Fsp3) is 0.455. The molecule has 8 heteroatoms. The predicted octanol–water partition coefficient (Wildman–Crippen LogP) is 2.93. The van der Waals surface area contributed by atoms with E-state index in [1.54, 1.807) is 13.3 Å². The number of nitrogens with zero attached hydrogens (tertiary/aromatic N) is 2. The van der Waals surface area contributed by atoms with Crippen LogP contribution in [0.4, 0.5) is 5.69 Å². The van der Waals surface area contributed by atoms with E-state index < -0.39 is 0 Å². The molecule has 3 atom stereocenters. The van der Waals surface area contributed by atoms with Gasteiger partial charge in [-0.15, -0.1) is 0 Å². The summed E-state index contributed by atoms with van der Waals surface area (Å²) < 4.78 is 17.4. The Morgan fingerprint density at radius 1 is 1.27 bits per heavy atom. The Morgan fingerprint density at radius 2 is 2.17 bits per heavy atom. The smallest absolute Gasteiger partial charge is 0.213 e. The van der Waals surface area contributed by atoms with Gasteiger partial charge in [0, 0.05) is 42.6 Å². The highest BCUT2D eigenvalue weighted by Gasteiger charge is 2.56. The molecule has 4 heterocycles. The number of anilines is 1. The van der Waals surface area contributed by atoms with E-state index in [4.69, 9.17) is 14.2 Å². The first kappa shape index (κ1) is 19.3. The van der Waals surface area contributed by atoms with Crippen LogP contribution < -0.4 is 15.4 Å². The van der Waals surface area contributed by atoms with E-state index in [0.717, 1.165) is 47.4 Å². The standard InChI is InChI=1S/C22H27N5O3/c1-13(2)29-18-7-4-14(11-24-18)19-16-10-15(5-6-17(16)26-27-19)25-21-20(30-21)22(28-3)8-9-23-12-22/h4-7,10-11,13,20-21,23,25H,8-9,12H2,1-3H3,(H,26,27). The first-order valence-electron chi connectivity index (χ1n) is 10.4. The number of rotatable bonds is 7. The van der Waals surface area contributed by atoms with E-state index in [-0.39, 0.29) is 24.0 Å². The minimum absolute atomic E-state index is 0.0493. The summed E-state index contributed by atoms with van der Waals surface area (Å²) in [7, 11) is 1.76. The number of aromatic nitrogens is 3. The number of benzene rings is 1. The van der Waals surface area contributed by atoms with Gasteiger partial charge in [-0.1, -0.05) is 0 Å². The summed E-state index contributed by atoms with van der Waals surface area (Å²) in [6.07, 6.45) is 2.85. The number of fused-ring (bicyclic) bond motifs is 1. The molecule has 2 aliphatic rings. The lowest BCUT2D eigenvalue weighted by Crippen LogP contribution is -2.41. The van der Waals surface area contributed by atoms with Gasteiger partial charge in [-0.25, -0.2) is 4.98 Å². The van der Waals surface area contributed by atoms with Gasteiger partial charge in [0.25, 0.3) is 0 Å². The molecule has 2 fully saturated rings. The zero-order valence-corrected chi connectivity index (χ0v) is 17.4. The lowest BCUT2D eigenvalue weighted by Gasteiger charge is -2.24. The third-order valence-electron chi connectivity index (χ3n) is 5.80. The highest BCUT2D eigenvalue weighted by molar-refractivity contribution is 5.94. The molecular weight excluding hydrogens is 382 g/mol. The van der Waals surface area contributed by atoms with E-state index >= 15 is 0 Å². The number of nitrogens with one attached hydrogen (secondary N) is 3. The van der Waals surface area contributed by atoms with Gasteiger partial charge in [0.15, 0.2) is 6.23 Å². The molecule has 3 N–H and O–H groups in total. The van der Waals surface area contributed by atoms with Gasteiger partial charge in [0.1, 0.15) is 17.4 Å². The fourth-order valence-electron chi connectivity index (χ4n) is 4.16. The van der Waals surface area contributed by atoms with Crippen LogP contribution in [0.1, 0.15) is 20.3 Å². The van der Waals surface area contributed by atoms with Crippen LogP contribution in [-0.2, 0) is 9.47 Å². The zero-order valence-electron chi connectivity index (χ0n) is 17.4. The van der Waals surface area contributed by atoms with Crippen LogP contribution in [0.15, 0.2) is 36.5 Å². The van der Waals surface area contributed by atoms with Gasteiger partial charge >= 0.3 is 0 Å². The quantitative estimate of drug-likeness (QED) is 0.516. The number of methoxy groups -OCH3 is 1. The van der Waals surface area contributed by atoms with Crippen LogP contribution in [0.2, 0.25) is 0 Å². The van der Waals surface area contributed by atoms with Crippen molar-refractivity contribution >= 4 is 16.6 Å². The molecule has 0 radical (unpaired) electrons. The number of hydrogen-bond donors (Lipinski definition) is 3. The second-order valence-electron chi connectivity index (χ2n) is 8.20. The fourth-order valence-corrected chi connectivity index (χ4v) is 4.16. The van der Waals surface area contributed by atoms with Crippen LogP contribution in [0.3, 0.4) is 0 Å². The maximum Gasteiger partial charge on any atom is 0.213 e. The maximum atomic E-state index is 5.93. The molecule has 1 aromatic carbocycles. The van der Waals surface area contributed by atoms with Crippen molar-refractivity contribution in [1.29, 1.82) is 0 Å². The predicted molar refractivity (Wildman–Crippen MR) is 115 cm³/mol. The number of hydrogen-bond acceptors (Lipinski definition) is 7. The third-order valence-corrected chi connectivity index (χ3v) is 5.80. The van der Waals surface area contributed by atoms with Crippen molar-refractivity contribution in [3.05, 3.63) is 36.5 Å². The average Bonchev–Trinajstić information content (AvgIpc) is 3.16. The second-order valence-corrected chi connectivity index (χ2v) is 8.20. The number of ether oxygens (including phenoxy) is 3. The summed E-state index contributed by atoms with van der Waals surface area (Å²) in [5.74, 6) is 0.612. The Bertz CT molecular complexity index is 1030. The molecular formula is C22H27N5O3. The van der Waals surface area contributed by atoms with Crippen LogP contribution in [0.5, 0.6) is 5.88 Å². The maximum absolute atomic E-state index is 5.93. The van der Waals surface area contributed by atoms with E-state index in [0.29, 0.717) is 5.88 Å². The zero-order chi connectivity index (χ0) is 20.7. The Kier molecular flexibility index (Phi) is 4.85. The highest BCUT2D eigenvalue weighted by Crippen LogP contribution is 2.39. The molecule has 3 unspecified atom stereocenters. The van der Waals surface area contributed by atoms with Gasteiger partial charge < -0.3 is 24.8 Å². The van der Waals surface area contributed by atoms with Gasteiger partial charge in [0.2, 0.25) is 5.88 Å². The van der Waals surface area contributed by atoms with E-state index in [9.17, 15) is 0 Å². The normalized spacial score (nSPS) is 25.7. The van der Waals surface area contributed by atoms with Gasteiger partial charge in [-0.3, -0.25) is 5.10 Å². The molecule has 0 amide bonds. The molecule has 0 spiro atoms. The number of pyridine rings is 1. The number of H-pyrrole nitrogens is 1. The van der Waals surface area contributed by atoms with Crippen molar-refractivity contribution in [2.45, 2.75) is 44.3 Å². The summed E-state index contributed by atoms with van der Waals surface area (Å²) in [5, 5.41) is 15.5. The molecule has 30 heavy (non-hydrogen) atoms. The van der Waals surface area contributed by atoms with Crippen LogP contribution in [0.25, 0.3) is 22.2 Å². The van der Waals surface area contributed by atoms with Crippen molar-refractivity contribution in [2.24, 2.45) is 0 Å². The Morgan fingerprint density at radius 3 is 2.87 bits per heavy atom. The summed E-state index contributed by atoms with van der Waals surface area (Å²) in [5.41, 5.74) is 3.51. The monoisotopic (exact) mass is 409 g/mol. The van der Waals surface area contributed by atoms with E-state index in [2.05, 4.69) is 31.9 Å². The van der Waals surface area contributed by atoms with Crippen molar-refractivity contribution in [2.75, 3.05) is 25.5 Å². The Labute approximate surface area is 175 Å². The SMILES string of the molecule is COC1(C2OC2Nc2ccc3[nH]nc(-c4ccc(OC(C)C)nc4)c3c2)CCNC1. The van der Waals surface area contributed by atoms with E-state index in [1.165, 1.54) is 0 Å². The van der Waals surface area contributed by atoms with Crippen LogP contribution in [0, 0.1) is 0 Å².